The Morgan fingerprint density at radius 3 is 1.97 bits per heavy atom. The zero-order valence-electron chi connectivity index (χ0n) is 20.1. The normalized spacial score (nSPS) is 10.2. The molecule has 0 aliphatic carbocycles. The third-order valence-corrected chi connectivity index (χ3v) is 6.32. The fraction of sp³-hybridized carbons (Fsp3) is 0.107. The van der Waals surface area contributed by atoms with Crippen molar-refractivity contribution in [2.45, 2.75) is 18.9 Å². The summed E-state index contributed by atoms with van der Waals surface area (Å²) in [5.74, 6) is -2.79. The highest BCUT2D eigenvalue weighted by molar-refractivity contribution is 9.08. The fourth-order valence-corrected chi connectivity index (χ4v) is 4.15. The maximum absolute atomic E-state index is 14.1. The molecule has 0 saturated heterocycles. The number of pyridine rings is 1. The molecule has 3 aromatic carbocycles. The number of alkyl halides is 1. The second-order valence-electron chi connectivity index (χ2n) is 7.92. The van der Waals surface area contributed by atoms with Gasteiger partial charge in [-0.05, 0) is 48.9 Å². The Balaban J connectivity index is 0.000000320. The maximum atomic E-state index is 14.1. The molecule has 0 amide bonds. The summed E-state index contributed by atoms with van der Waals surface area (Å²) in [6, 6.07) is 16.1. The molecule has 0 bridgehead atoms. The third-order valence-electron chi connectivity index (χ3n) is 5.37. The first-order valence-corrected chi connectivity index (χ1v) is 12.5. The van der Waals surface area contributed by atoms with Gasteiger partial charge in [-0.25, -0.2) is 17.6 Å². The number of ether oxygens (including phenoxy) is 1. The molecule has 0 fully saturated rings. The number of nitrogens with zero attached hydrogens (tertiary/aromatic N) is 3. The SMILES string of the molecule is Cc1cc(OCc2ccc(F)cc2C#N)c(Cl)c(=O)n1-c1c(F)cccc1F.N#Cc1cc(F)ccc1CBr. The number of aromatic nitrogens is 1. The van der Waals surface area contributed by atoms with E-state index < -0.39 is 28.7 Å². The minimum Gasteiger partial charge on any atom is -0.487 e. The van der Waals surface area contributed by atoms with E-state index in [1.165, 1.54) is 43.3 Å². The van der Waals surface area contributed by atoms with Gasteiger partial charge in [0.15, 0.2) is 0 Å². The lowest BCUT2D eigenvalue weighted by molar-refractivity contribution is 0.304. The number of halogens is 6. The van der Waals surface area contributed by atoms with Gasteiger partial charge in [-0.1, -0.05) is 45.7 Å². The Bertz CT molecular complexity index is 1660. The van der Waals surface area contributed by atoms with Crippen molar-refractivity contribution in [3.05, 3.63) is 127 Å². The molecule has 5 nitrogen and oxygen atoms in total. The standard InChI is InChI=1S/C20H12ClF3N2O2.C8H5BrFN/c1-11-7-17(28-10-12-5-6-14(22)8-13(12)9-25)18(21)20(27)26(11)19-15(23)3-2-4-16(19)24;9-4-6-1-2-8(10)3-7(6)5-11/h2-8H,10H2,1H3;1-3H,4H2. The van der Waals surface area contributed by atoms with Gasteiger partial charge in [0.05, 0.1) is 23.3 Å². The molecular weight excluding hydrogens is 602 g/mol. The lowest BCUT2D eigenvalue weighted by Gasteiger charge is -2.15. The molecule has 0 aliphatic rings. The van der Waals surface area contributed by atoms with E-state index in [1.807, 2.05) is 12.1 Å². The van der Waals surface area contributed by atoms with Crippen LogP contribution in [0.25, 0.3) is 5.69 Å². The minimum atomic E-state index is -0.917. The molecule has 4 rings (SSSR count). The number of hydrogen-bond donors (Lipinski definition) is 0. The number of para-hydroxylation sites is 1. The average Bonchev–Trinajstić information content (AvgIpc) is 2.92. The van der Waals surface area contributed by atoms with Crippen LogP contribution in [-0.2, 0) is 11.9 Å². The number of hydrogen-bond acceptors (Lipinski definition) is 4. The number of benzene rings is 3. The highest BCUT2D eigenvalue weighted by Crippen LogP contribution is 2.26. The fourth-order valence-electron chi connectivity index (χ4n) is 3.47. The molecule has 0 saturated carbocycles. The van der Waals surface area contributed by atoms with Gasteiger partial charge in [-0.15, -0.1) is 0 Å². The van der Waals surface area contributed by atoms with E-state index in [0.717, 1.165) is 28.3 Å². The largest absolute Gasteiger partial charge is 0.487 e. The van der Waals surface area contributed by atoms with Gasteiger partial charge < -0.3 is 4.74 Å². The van der Waals surface area contributed by atoms with E-state index in [-0.39, 0.29) is 34.5 Å². The second kappa shape index (κ2) is 13.1. The van der Waals surface area contributed by atoms with E-state index in [1.54, 1.807) is 6.07 Å². The molecule has 1 aromatic heterocycles. The number of nitriles is 2. The van der Waals surface area contributed by atoms with Crippen LogP contribution in [0.4, 0.5) is 17.6 Å². The quantitative estimate of drug-likeness (QED) is 0.174. The smallest absolute Gasteiger partial charge is 0.278 e. The van der Waals surface area contributed by atoms with Gasteiger partial charge in [0, 0.05) is 22.7 Å². The van der Waals surface area contributed by atoms with E-state index in [2.05, 4.69) is 15.9 Å². The van der Waals surface area contributed by atoms with E-state index >= 15 is 0 Å². The molecule has 39 heavy (non-hydrogen) atoms. The van der Waals surface area contributed by atoms with E-state index in [0.29, 0.717) is 16.5 Å². The van der Waals surface area contributed by atoms with Crippen LogP contribution < -0.4 is 10.3 Å². The van der Waals surface area contributed by atoms with Crippen molar-refractivity contribution < 1.29 is 22.3 Å². The highest BCUT2D eigenvalue weighted by Gasteiger charge is 2.19. The number of rotatable bonds is 5. The van der Waals surface area contributed by atoms with Gasteiger partial charge in [-0.3, -0.25) is 9.36 Å². The molecule has 0 atom stereocenters. The van der Waals surface area contributed by atoms with Gasteiger partial charge >= 0.3 is 0 Å². The molecule has 0 unspecified atom stereocenters. The molecule has 1 heterocycles. The van der Waals surface area contributed by atoms with Crippen LogP contribution in [0, 0.1) is 52.9 Å². The lowest BCUT2D eigenvalue weighted by atomic mass is 10.1. The van der Waals surface area contributed by atoms with Gasteiger partial charge in [0.25, 0.3) is 5.56 Å². The van der Waals surface area contributed by atoms with Crippen molar-refractivity contribution in [2.75, 3.05) is 0 Å². The summed E-state index contributed by atoms with van der Waals surface area (Å²) in [7, 11) is 0. The Labute approximate surface area is 234 Å². The summed E-state index contributed by atoms with van der Waals surface area (Å²) in [5, 5.41) is 17.8. The Morgan fingerprint density at radius 2 is 1.44 bits per heavy atom. The van der Waals surface area contributed by atoms with Crippen molar-refractivity contribution in [2.24, 2.45) is 0 Å². The average molecular weight is 619 g/mol. The van der Waals surface area contributed by atoms with Gasteiger partial charge in [-0.2, -0.15) is 10.5 Å². The molecule has 0 spiro atoms. The van der Waals surface area contributed by atoms with Crippen LogP contribution in [0.2, 0.25) is 5.02 Å². The Morgan fingerprint density at radius 1 is 0.897 bits per heavy atom. The van der Waals surface area contributed by atoms with Gasteiger partial charge in [0.2, 0.25) is 0 Å². The van der Waals surface area contributed by atoms with Crippen molar-refractivity contribution in [3.63, 3.8) is 0 Å². The molecule has 11 heteroatoms. The molecular formula is C28H17BrClF4N3O2. The third kappa shape index (κ3) is 6.85. The monoisotopic (exact) mass is 617 g/mol. The summed E-state index contributed by atoms with van der Waals surface area (Å²) >= 11 is 9.26. The van der Waals surface area contributed by atoms with Crippen LogP contribution in [0.15, 0.2) is 65.5 Å². The first-order valence-electron chi connectivity index (χ1n) is 11.0. The predicted octanol–water partition coefficient (Wildman–Crippen LogP) is 7.26. The second-order valence-corrected chi connectivity index (χ2v) is 8.86. The highest BCUT2D eigenvalue weighted by atomic mass is 79.9. The number of aryl methyl sites for hydroxylation is 1. The van der Waals surface area contributed by atoms with Crippen molar-refractivity contribution in [1.82, 2.24) is 4.57 Å². The van der Waals surface area contributed by atoms with Gasteiger partial charge in [0.1, 0.15) is 46.3 Å². The topological polar surface area (TPSA) is 78.8 Å². The van der Waals surface area contributed by atoms with Crippen LogP contribution in [0.5, 0.6) is 5.75 Å². The molecule has 198 valence electrons. The summed E-state index contributed by atoms with van der Waals surface area (Å²) in [4.78, 5) is 12.6. The summed E-state index contributed by atoms with van der Waals surface area (Å²) in [6.45, 7) is 1.31. The van der Waals surface area contributed by atoms with Crippen molar-refractivity contribution in [3.8, 4) is 23.6 Å². The molecule has 0 radical (unpaired) electrons. The zero-order chi connectivity index (χ0) is 28.7. The molecule has 0 aliphatic heterocycles. The molecule has 4 aromatic rings. The summed E-state index contributed by atoms with van der Waals surface area (Å²) < 4.78 is 60.2. The first-order chi connectivity index (χ1) is 18.6. The minimum absolute atomic E-state index is 0.0228. The Kier molecular flexibility index (Phi) is 9.89. The van der Waals surface area contributed by atoms with Crippen LogP contribution in [-0.4, -0.2) is 4.57 Å². The predicted molar refractivity (Wildman–Crippen MR) is 141 cm³/mol. The van der Waals surface area contributed by atoms with Crippen LogP contribution >= 0.6 is 27.5 Å². The van der Waals surface area contributed by atoms with Crippen LogP contribution in [0.3, 0.4) is 0 Å². The molecule has 0 N–H and O–H groups in total. The first kappa shape index (κ1) is 29.4. The van der Waals surface area contributed by atoms with E-state index in [4.69, 9.17) is 26.9 Å². The van der Waals surface area contributed by atoms with Crippen molar-refractivity contribution in [1.29, 1.82) is 10.5 Å². The summed E-state index contributed by atoms with van der Waals surface area (Å²) in [6.07, 6.45) is 0. The van der Waals surface area contributed by atoms with Crippen LogP contribution in [0.1, 0.15) is 27.9 Å². The zero-order valence-corrected chi connectivity index (χ0v) is 22.5. The van der Waals surface area contributed by atoms with Crippen molar-refractivity contribution >= 4 is 27.5 Å². The lowest BCUT2D eigenvalue weighted by Crippen LogP contribution is -2.23. The summed E-state index contributed by atoms with van der Waals surface area (Å²) in [5.41, 5.74) is 0.462. The van der Waals surface area contributed by atoms with E-state index in [9.17, 15) is 22.4 Å². The Hall–Kier alpha value is -4.12. The maximum Gasteiger partial charge on any atom is 0.278 e.